The van der Waals surface area contributed by atoms with Gasteiger partial charge in [0.1, 0.15) is 5.82 Å². The molecule has 3 rings (SSSR count). The quantitative estimate of drug-likeness (QED) is 0.496. The molecule has 8 N–H and O–H groups in total. The number of carbonyl (C=O) groups is 2. The van der Waals surface area contributed by atoms with Crippen LogP contribution in [-0.4, -0.2) is 21.9 Å². The number of amides is 3. The summed E-state index contributed by atoms with van der Waals surface area (Å²) in [6.45, 7) is 0. The van der Waals surface area contributed by atoms with Gasteiger partial charge < -0.3 is 22.2 Å². The first-order valence-electron chi connectivity index (χ1n) is 6.69. The minimum Gasteiger partial charge on any atom is -0.397 e. The first-order chi connectivity index (χ1) is 11.0. The Morgan fingerprint density at radius 2 is 1.91 bits per heavy atom. The SMILES string of the molecule is NC(=O)Nc1[nH]c2cc(-c3ccc(N)cn3)ccc2c1C(N)=O. The number of anilines is 2. The van der Waals surface area contributed by atoms with Gasteiger partial charge in [-0.2, -0.15) is 0 Å². The molecule has 8 heteroatoms. The van der Waals surface area contributed by atoms with Crippen LogP contribution in [0.25, 0.3) is 22.2 Å². The lowest BCUT2D eigenvalue weighted by Crippen LogP contribution is -2.22. The molecule has 0 radical (unpaired) electrons. The number of urea groups is 1. The Morgan fingerprint density at radius 3 is 2.52 bits per heavy atom. The number of aromatic amines is 1. The highest BCUT2D eigenvalue weighted by Crippen LogP contribution is 2.29. The number of fused-ring (bicyclic) bond motifs is 1. The van der Waals surface area contributed by atoms with Gasteiger partial charge in [0, 0.05) is 16.5 Å². The van der Waals surface area contributed by atoms with Crippen molar-refractivity contribution in [1.82, 2.24) is 9.97 Å². The molecule has 0 unspecified atom stereocenters. The second-order valence-corrected chi connectivity index (χ2v) is 4.97. The van der Waals surface area contributed by atoms with Crippen LogP contribution in [0.3, 0.4) is 0 Å². The van der Waals surface area contributed by atoms with Crippen LogP contribution in [-0.2, 0) is 0 Å². The number of pyridine rings is 1. The average Bonchev–Trinajstić information content (AvgIpc) is 2.84. The second-order valence-electron chi connectivity index (χ2n) is 4.97. The summed E-state index contributed by atoms with van der Waals surface area (Å²) in [5, 5.41) is 2.94. The number of nitrogen functional groups attached to an aromatic ring is 1. The first kappa shape index (κ1) is 14.4. The van der Waals surface area contributed by atoms with E-state index in [0.29, 0.717) is 16.6 Å². The maximum atomic E-state index is 11.7. The van der Waals surface area contributed by atoms with Gasteiger partial charge in [0.05, 0.1) is 23.1 Å². The van der Waals surface area contributed by atoms with E-state index in [-0.39, 0.29) is 11.4 Å². The minimum atomic E-state index is -0.792. The molecule has 3 amide bonds. The van der Waals surface area contributed by atoms with E-state index < -0.39 is 11.9 Å². The van der Waals surface area contributed by atoms with Crippen molar-refractivity contribution in [3.05, 3.63) is 42.1 Å². The number of hydrogen-bond donors (Lipinski definition) is 5. The van der Waals surface area contributed by atoms with Gasteiger partial charge in [0.2, 0.25) is 0 Å². The minimum absolute atomic E-state index is 0.169. The molecule has 2 aromatic heterocycles. The molecular weight excluding hydrogens is 296 g/mol. The van der Waals surface area contributed by atoms with Crippen molar-refractivity contribution in [2.24, 2.45) is 11.5 Å². The van der Waals surface area contributed by atoms with Crippen LogP contribution in [0.4, 0.5) is 16.3 Å². The summed E-state index contributed by atoms with van der Waals surface area (Å²) in [4.78, 5) is 29.9. The lowest BCUT2D eigenvalue weighted by atomic mass is 10.1. The standard InChI is InChI=1S/C15H14N6O2/c16-8-2-4-10(19-6-8)7-1-3-9-11(5-7)20-14(21-15(18)23)12(9)13(17)22/h1-6,20H,16H2,(H2,17,22)(H3,18,21,23). The summed E-state index contributed by atoms with van der Waals surface area (Å²) in [5.74, 6) is -0.499. The van der Waals surface area contributed by atoms with Gasteiger partial charge in [0.15, 0.2) is 0 Å². The third-order valence-electron chi connectivity index (χ3n) is 3.38. The van der Waals surface area contributed by atoms with Crippen molar-refractivity contribution in [3.8, 4) is 11.3 Å². The lowest BCUT2D eigenvalue weighted by molar-refractivity contribution is 0.100. The van der Waals surface area contributed by atoms with E-state index in [1.807, 2.05) is 0 Å². The first-order valence-corrected chi connectivity index (χ1v) is 6.69. The van der Waals surface area contributed by atoms with Gasteiger partial charge in [-0.3, -0.25) is 15.1 Å². The number of H-pyrrole nitrogens is 1. The topological polar surface area (TPSA) is 153 Å². The number of primary amides is 2. The summed E-state index contributed by atoms with van der Waals surface area (Å²) >= 11 is 0. The van der Waals surface area contributed by atoms with E-state index >= 15 is 0 Å². The van der Waals surface area contributed by atoms with E-state index in [0.717, 1.165) is 11.3 Å². The number of nitrogens with one attached hydrogen (secondary N) is 2. The molecule has 116 valence electrons. The molecule has 2 heterocycles. The normalized spacial score (nSPS) is 10.6. The summed E-state index contributed by atoms with van der Waals surface area (Å²) < 4.78 is 0. The van der Waals surface area contributed by atoms with Crippen LogP contribution in [0.1, 0.15) is 10.4 Å². The number of benzene rings is 1. The fourth-order valence-corrected chi connectivity index (χ4v) is 2.41. The largest absolute Gasteiger partial charge is 0.397 e. The van der Waals surface area contributed by atoms with Crippen LogP contribution in [0.15, 0.2) is 36.5 Å². The van der Waals surface area contributed by atoms with E-state index in [1.54, 1.807) is 36.5 Å². The smallest absolute Gasteiger partial charge is 0.317 e. The highest BCUT2D eigenvalue weighted by Gasteiger charge is 2.17. The van der Waals surface area contributed by atoms with E-state index in [2.05, 4.69) is 15.3 Å². The highest BCUT2D eigenvalue weighted by molar-refractivity contribution is 6.13. The number of carbonyl (C=O) groups excluding carboxylic acids is 2. The molecule has 0 aliphatic heterocycles. The van der Waals surface area contributed by atoms with E-state index in [9.17, 15) is 9.59 Å². The molecule has 0 spiro atoms. The van der Waals surface area contributed by atoms with Crippen molar-refractivity contribution in [1.29, 1.82) is 0 Å². The van der Waals surface area contributed by atoms with Crippen molar-refractivity contribution in [2.45, 2.75) is 0 Å². The summed E-state index contributed by atoms with van der Waals surface area (Å²) in [5.41, 5.74) is 19.0. The predicted octanol–water partition coefficient (Wildman–Crippen LogP) is 1.40. The van der Waals surface area contributed by atoms with Crippen LogP contribution in [0.2, 0.25) is 0 Å². The van der Waals surface area contributed by atoms with Gasteiger partial charge in [-0.1, -0.05) is 12.1 Å². The molecule has 0 saturated carbocycles. The molecule has 0 aliphatic carbocycles. The summed E-state index contributed by atoms with van der Waals surface area (Å²) in [6.07, 6.45) is 1.56. The molecule has 23 heavy (non-hydrogen) atoms. The zero-order valence-corrected chi connectivity index (χ0v) is 12.0. The predicted molar refractivity (Wildman–Crippen MR) is 87.7 cm³/mol. The number of rotatable bonds is 3. The molecule has 1 aromatic carbocycles. The Morgan fingerprint density at radius 1 is 1.13 bits per heavy atom. The molecule has 0 atom stereocenters. The Bertz CT molecular complexity index is 914. The van der Waals surface area contributed by atoms with E-state index in [4.69, 9.17) is 17.2 Å². The second kappa shape index (κ2) is 5.34. The zero-order valence-electron chi connectivity index (χ0n) is 12.0. The maximum Gasteiger partial charge on any atom is 0.317 e. The maximum absolute atomic E-state index is 11.7. The molecule has 0 aliphatic rings. The highest BCUT2D eigenvalue weighted by atomic mass is 16.2. The lowest BCUT2D eigenvalue weighted by Gasteiger charge is -2.02. The van der Waals surface area contributed by atoms with Gasteiger partial charge in [-0.15, -0.1) is 0 Å². The molecule has 3 aromatic rings. The molecule has 0 saturated heterocycles. The average molecular weight is 310 g/mol. The van der Waals surface area contributed by atoms with Crippen LogP contribution < -0.4 is 22.5 Å². The molecule has 0 fully saturated rings. The summed E-state index contributed by atoms with van der Waals surface area (Å²) in [6, 6.07) is 8.07. The number of nitrogens with zero attached hydrogens (tertiary/aromatic N) is 1. The zero-order chi connectivity index (χ0) is 16.6. The number of aromatic nitrogens is 2. The van der Waals surface area contributed by atoms with Crippen LogP contribution >= 0.6 is 0 Å². The summed E-state index contributed by atoms with van der Waals surface area (Å²) in [7, 11) is 0. The Kier molecular flexibility index (Phi) is 3.34. The number of nitrogens with two attached hydrogens (primary N) is 3. The van der Waals surface area contributed by atoms with Crippen molar-refractivity contribution in [2.75, 3.05) is 11.1 Å². The van der Waals surface area contributed by atoms with Gasteiger partial charge in [-0.05, 0) is 18.2 Å². The van der Waals surface area contributed by atoms with Gasteiger partial charge in [-0.25, -0.2) is 4.79 Å². The molecule has 0 bridgehead atoms. The van der Waals surface area contributed by atoms with Crippen molar-refractivity contribution in [3.63, 3.8) is 0 Å². The fraction of sp³-hybridized carbons (Fsp3) is 0. The molecule has 8 nitrogen and oxygen atoms in total. The Balaban J connectivity index is 2.15. The van der Waals surface area contributed by atoms with Crippen molar-refractivity contribution >= 4 is 34.3 Å². The molecular formula is C15H14N6O2. The fourth-order valence-electron chi connectivity index (χ4n) is 2.41. The van der Waals surface area contributed by atoms with Crippen molar-refractivity contribution < 1.29 is 9.59 Å². The number of hydrogen-bond acceptors (Lipinski definition) is 4. The third kappa shape index (κ3) is 2.64. The van der Waals surface area contributed by atoms with Gasteiger partial charge in [0.25, 0.3) is 5.91 Å². The van der Waals surface area contributed by atoms with Crippen LogP contribution in [0.5, 0.6) is 0 Å². The van der Waals surface area contributed by atoms with E-state index in [1.165, 1.54) is 0 Å². The third-order valence-corrected chi connectivity index (χ3v) is 3.38. The van der Waals surface area contributed by atoms with Gasteiger partial charge >= 0.3 is 6.03 Å². The Labute approximate surface area is 130 Å². The van der Waals surface area contributed by atoms with Crippen LogP contribution in [0, 0.1) is 0 Å². The monoisotopic (exact) mass is 310 g/mol. The Hall–Kier alpha value is -3.55.